The van der Waals surface area contributed by atoms with Crippen LogP contribution in [0.3, 0.4) is 0 Å². The Morgan fingerprint density at radius 1 is 1.32 bits per heavy atom. The van der Waals surface area contributed by atoms with Crippen LogP contribution in [0.15, 0.2) is 22.8 Å². The number of methoxy groups -OCH3 is 1. The van der Waals surface area contributed by atoms with E-state index in [4.69, 9.17) is 9.15 Å². The third-order valence-corrected chi connectivity index (χ3v) is 4.40. The van der Waals surface area contributed by atoms with Crippen molar-refractivity contribution in [2.75, 3.05) is 13.7 Å². The number of nitrogens with zero attached hydrogens (tertiary/aromatic N) is 1. The summed E-state index contributed by atoms with van der Waals surface area (Å²) in [4.78, 5) is 41.6. The number of hydrogen-bond acceptors (Lipinski definition) is 5. The number of aryl methyl sites for hydroxylation is 1. The summed E-state index contributed by atoms with van der Waals surface area (Å²) in [5.41, 5.74) is 1.82. The van der Waals surface area contributed by atoms with Crippen molar-refractivity contribution in [3.8, 4) is 0 Å². The second kappa shape index (κ2) is 6.58. The second-order valence-electron chi connectivity index (χ2n) is 6.18. The summed E-state index contributed by atoms with van der Waals surface area (Å²) in [5.74, 6) is -0.809. The third kappa shape index (κ3) is 3.22. The highest BCUT2D eigenvalue weighted by Crippen LogP contribution is 2.29. The predicted octanol–water partition coefficient (Wildman–Crippen LogP) is 2.50. The van der Waals surface area contributed by atoms with E-state index in [0.29, 0.717) is 16.8 Å². The van der Waals surface area contributed by atoms with Crippen molar-refractivity contribution < 1.29 is 23.5 Å². The van der Waals surface area contributed by atoms with E-state index in [1.165, 1.54) is 13.4 Å². The number of ether oxygens (including phenoxy) is 1. The van der Waals surface area contributed by atoms with Gasteiger partial charge >= 0.3 is 5.97 Å². The van der Waals surface area contributed by atoms with Crippen LogP contribution in [-0.2, 0) is 4.74 Å². The minimum Gasteiger partial charge on any atom is -0.464 e. The molecular formula is C18H20N2O5. The summed E-state index contributed by atoms with van der Waals surface area (Å²) in [6.45, 7) is 3.37. The summed E-state index contributed by atoms with van der Waals surface area (Å²) < 4.78 is 9.89. The van der Waals surface area contributed by atoms with Crippen molar-refractivity contribution in [3.05, 3.63) is 46.7 Å². The molecule has 1 amide bonds. The molecule has 3 rings (SSSR count). The third-order valence-electron chi connectivity index (χ3n) is 4.40. The van der Waals surface area contributed by atoms with E-state index >= 15 is 0 Å². The van der Waals surface area contributed by atoms with Gasteiger partial charge in [0.15, 0.2) is 11.5 Å². The van der Waals surface area contributed by atoms with E-state index in [1.54, 1.807) is 30.9 Å². The number of furan rings is 1. The SMILES string of the molecule is COC(=O)c1[nH]c(C)c(C(=O)CN(C(=O)c2ccco2)C2CC2)c1C. The van der Waals surface area contributed by atoms with Gasteiger partial charge in [0.25, 0.3) is 5.91 Å². The summed E-state index contributed by atoms with van der Waals surface area (Å²) in [5, 5.41) is 0. The molecule has 1 N–H and O–H groups in total. The van der Waals surface area contributed by atoms with E-state index in [9.17, 15) is 14.4 Å². The fourth-order valence-corrected chi connectivity index (χ4v) is 3.00. The molecule has 132 valence electrons. The molecule has 0 spiro atoms. The molecule has 25 heavy (non-hydrogen) atoms. The topological polar surface area (TPSA) is 92.6 Å². The highest BCUT2D eigenvalue weighted by molar-refractivity contribution is 6.05. The summed E-state index contributed by atoms with van der Waals surface area (Å²) in [6.07, 6.45) is 3.18. The van der Waals surface area contributed by atoms with Crippen LogP contribution in [0.4, 0.5) is 0 Å². The van der Waals surface area contributed by atoms with Gasteiger partial charge < -0.3 is 19.0 Å². The van der Waals surface area contributed by atoms with Crippen LogP contribution >= 0.6 is 0 Å². The average molecular weight is 344 g/mol. The van der Waals surface area contributed by atoms with Crippen molar-refractivity contribution in [1.82, 2.24) is 9.88 Å². The number of esters is 1. The second-order valence-corrected chi connectivity index (χ2v) is 6.18. The van der Waals surface area contributed by atoms with Crippen molar-refractivity contribution in [3.63, 3.8) is 0 Å². The van der Waals surface area contributed by atoms with Crippen molar-refractivity contribution in [2.45, 2.75) is 32.7 Å². The van der Waals surface area contributed by atoms with Crippen LogP contribution < -0.4 is 0 Å². The summed E-state index contributed by atoms with van der Waals surface area (Å²) in [7, 11) is 1.29. The minimum absolute atomic E-state index is 0.0512. The molecule has 0 bridgehead atoms. The first-order valence-electron chi connectivity index (χ1n) is 8.09. The lowest BCUT2D eigenvalue weighted by Gasteiger charge is -2.20. The lowest BCUT2D eigenvalue weighted by Crippen LogP contribution is -2.37. The van der Waals surface area contributed by atoms with Gasteiger partial charge in [-0.1, -0.05) is 0 Å². The van der Waals surface area contributed by atoms with Crippen LogP contribution in [-0.4, -0.2) is 47.2 Å². The number of nitrogens with one attached hydrogen (secondary N) is 1. The Bertz CT molecular complexity index is 815. The zero-order valence-corrected chi connectivity index (χ0v) is 14.4. The molecule has 1 saturated carbocycles. The van der Waals surface area contributed by atoms with Crippen LogP contribution in [0.2, 0.25) is 0 Å². The Kier molecular flexibility index (Phi) is 4.48. The summed E-state index contributed by atoms with van der Waals surface area (Å²) >= 11 is 0. The number of aromatic nitrogens is 1. The molecule has 2 aromatic heterocycles. The molecule has 0 radical (unpaired) electrons. The van der Waals surface area contributed by atoms with Gasteiger partial charge in [0.2, 0.25) is 0 Å². The Morgan fingerprint density at radius 2 is 2.04 bits per heavy atom. The first-order valence-corrected chi connectivity index (χ1v) is 8.09. The smallest absolute Gasteiger partial charge is 0.354 e. The number of hydrogen-bond donors (Lipinski definition) is 1. The Morgan fingerprint density at radius 3 is 2.60 bits per heavy atom. The van der Waals surface area contributed by atoms with Crippen LogP contribution in [0, 0.1) is 13.8 Å². The Balaban J connectivity index is 1.84. The average Bonchev–Trinajstić information content (AvgIpc) is 3.19. The maximum atomic E-state index is 12.8. The molecule has 2 heterocycles. The van der Waals surface area contributed by atoms with Gasteiger partial charge in [-0.25, -0.2) is 4.79 Å². The molecule has 1 aliphatic carbocycles. The maximum absolute atomic E-state index is 12.8. The molecule has 1 fully saturated rings. The number of Topliss-reactive ketones (excluding diaryl/α,β-unsaturated/α-hetero) is 1. The van der Waals surface area contributed by atoms with Gasteiger partial charge in [0.1, 0.15) is 5.69 Å². The van der Waals surface area contributed by atoms with Crippen molar-refractivity contribution in [1.29, 1.82) is 0 Å². The van der Waals surface area contributed by atoms with Crippen LogP contribution in [0.5, 0.6) is 0 Å². The molecule has 0 atom stereocenters. The predicted molar refractivity (Wildman–Crippen MR) is 88.7 cm³/mol. The standard InChI is InChI=1S/C18H20N2O5/c1-10-15(11(2)19-16(10)18(23)24-3)13(21)9-20(12-6-7-12)17(22)14-5-4-8-25-14/h4-5,8,12,19H,6-7,9H2,1-3H3. The van der Waals surface area contributed by atoms with E-state index in [-0.39, 0.29) is 35.7 Å². The molecular weight excluding hydrogens is 324 g/mol. The zero-order valence-electron chi connectivity index (χ0n) is 14.4. The van der Waals surface area contributed by atoms with Gasteiger partial charge in [-0.3, -0.25) is 9.59 Å². The number of H-pyrrole nitrogens is 1. The molecule has 0 aliphatic heterocycles. The minimum atomic E-state index is -0.523. The number of rotatable bonds is 6. The monoisotopic (exact) mass is 344 g/mol. The van der Waals surface area contributed by atoms with Crippen molar-refractivity contribution >= 4 is 17.7 Å². The fraction of sp³-hybridized carbons (Fsp3) is 0.389. The number of ketones is 1. The van der Waals surface area contributed by atoms with E-state index in [2.05, 4.69) is 4.98 Å². The zero-order chi connectivity index (χ0) is 18.1. The first-order chi connectivity index (χ1) is 11.9. The highest BCUT2D eigenvalue weighted by Gasteiger charge is 2.36. The molecule has 0 saturated heterocycles. The van der Waals surface area contributed by atoms with Gasteiger partial charge in [-0.05, 0) is 44.4 Å². The van der Waals surface area contributed by atoms with E-state index in [1.807, 2.05) is 0 Å². The number of carbonyl (C=O) groups excluding carboxylic acids is 3. The van der Waals surface area contributed by atoms with Crippen LogP contribution in [0.1, 0.15) is 55.5 Å². The highest BCUT2D eigenvalue weighted by atomic mass is 16.5. The normalized spacial score (nSPS) is 13.6. The lowest BCUT2D eigenvalue weighted by molar-refractivity contribution is 0.0593. The summed E-state index contributed by atoms with van der Waals surface area (Å²) in [6, 6.07) is 3.29. The molecule has 7 nitrogen and oxygen atoms in total. The van der Waals surface area contributed by atoms with Gasteiger partial charge in [0, 0.05) is 17.3 Å². The van der Waals surface area contributed by atoms with Gasteiger partial charge in [-0.15, -0.1) is 0 Å². The molecule has 1 aliphatic rings. The number of carbonyl (C=O) groups is 3. The molecule has 7 heteroatoms. The first kappa shape index (κ1) is 17.0. The van der Waals surface area contributed by atoms with E-state index in [0.717, 1.165) is 12.8 Å². The van der Waals surface area contributed by atoms with Gasteiger partial charge in [-0.2, -0.15) is 0 Å². The number of aromatic amines is 1. The van der Waals surface area contributed by atoms with E-state index < -0.39 is 5.97 Å². The lowest BCUT2D eigenvalue weighted by atomic mass is 10.0. The van der Waals surface area contributed by atoms with Gasteiger partial charge in [0.05, 0.1) is 19.9 Å². The maximum Gasteiger partial charge on any atom is 0.354 e. The van der Waals surface area contributed by atoms with Crippen LogP contribution in [0.25, 0.3) is 0 Å². The Labute approximate surface area is 144 Å². The van der Waals surface area contributed by atoms with Crippen molar-refractivity contribution in [2.24, 2.45) is 0 Å². The largest absolute Gasteiger partial charge is 0.464 e. The fourth-order valence-electron chi connectivity index (χ4n) is 3.00. The molecule has 0 unspecified atom stereocenters. The quantitative estimate of drug-likeness (QED) is 0.642. The Hall–Kier alpha value is -2.83. The number of amides is 1. The molecule has 0 aromatic carbocycles. The molecule has 2 aromatic rings.